The molecule has 1 aromatic rings. The van der Waals surface area contributed by atoms with E-state index in [0.29, 0.717) is 5.69 Å². The predicted molar refractivity (Wildman–Crippen MR) is 104 cm³/mol. The molecule has 1 rings (SSSR count). The Balaban J connectivity index is 2.63. The molecule has 1 N–H and O–H groups in total. The third-order valence-electron chi connectivity index (χ3n) is 3.49. The van der Waals surface area contributed by atoms with Crippen molar-refractivity contribution in [1.29, 1.82) is 0 Å². The topological polar surface area (TPSA) is 49.4 Å². The Labute approximate surface area is 162 Å². The number of carbonyl (C=O) groups is 2. The highest BCUT2D eigenvalue weighted by Crippen LogP contribution is 2.24. The van der Waals surface area contributed by atoms with Gasteiger partial charge in [-0.3, -0.25) is 9.59 Å². The lowest BCUT2D eigenvalue weighted by Crippen LogP contribution is -2.46. The van der Waals surface area contributed by atoms with Crippen LogP contribution < -0.4 is 5.32 Å². The van der Waals surface area contributed by atoms with Crippen molar-refractivity contribution >= 4 is 29.3 Å². The van der Waals surface area contributed by atoms with E-state index in [1.165, 1.54) is 6.92 Å². The van der Waals surface area contributed by atoms with E-state index in [1.54, 1.807) is 32.9 Å². The van der Waals surface area contributed by atoms with Crippen molar-refractivity contribution in [2.24, 2.45) is 5.41 Å². The molecular weight excluding hydrogens is 377 g/mol. The van der Waals surface area contributed by atoms with Gasteiger partial charge in [0.2, 0.25) is 11.8 Å². The van der Waals surface area contributed by atoms with Crippen LogP contribution in [0.25, 0.3) is 0 Å². The number of rotatable bonds is 7. The fourth-order valence-electron chi connectivity index (χ4n) is 2.36. The van der Waals surface area contributed by atoms with E-state index in [1.807, 2.05) is 19.1 Å². The van der Waals surface area contributed by atoms with Gasteiger partial charge in [-0.05, 0) is 31.4 Å². The summed E-state index contributed by atoms with van der Waals surface area (Å²) in [5.74, 6) is -0.937. The summed E-state index contributed by atoms with van der Waals surface area (Å²) >= 11 is 1.02. The van der Waals surface area contributed by atoms with Crippen LogP contribution in [-0.2, 0) is 9.59 Å². The number of hydrogen-bond donors (Lipinski definition) is 1. The molecule has 0 bridgehead atoms. The van der Waals surface area contributed by atoms with Crippen LogP contribution in [0.5, 0.6) is 0 Å². The number of benzene rings is 1. The lowest BCUT2D eigenvalue weighted by atomic mass is 9.96. The molecule has 0 aromatic heterocycles. The molecule has 1 unspecified atom stereocenters. The van der Waals surface area contributed by atoms with Crippen LogP contribution in [0.4, 0.5) is 18.9 Å². The number of aryl methyl sites for hydroxylation is 1. The first kappa shape index (κ1) is 23.3. The third-order valence-corrected chi connectivity index (χ3v) is 4.63. The van der Waals surface area contributed by atoms with Crippen LogP contribution in [0.15, 0.2) is 24.3 Å². The number of hydrogen-bond acceptors (Lipinski definition) is 3. The molecule has 0 radical (unpaired) electrons. The molecule has 0 aliphatic heterocycles. The minimum absolute atomic E-state index is 0.00813. The quantitative estimate of drug-likeness (QED) is 0.728. The van der Waals surface area contributed by atoms with Crippen molar-refractivity contribution in [2.75, 3.05) is 24.2 Å². The Morgan fingerprint density at radius 3 is 2.15 bits per heavy atom. The molecule has 1 atom stereocenters. The minimum atomic E-state index is -4.46. The van der Waals surface area contributed by atoms with Crippen LogP contribution in [-0.4, -0.2) is 47.0 Å². The van der Waals surface area contributed by atoms with Crippen LogP contribution in [0.1, 0.15) is 33.3 Å². The average Bonchev–Trinajstić information content (AvgIpc) is 2.50. The zero-order valence-electron chi connectivity index (χ0n) is 16.3. The molecule has 0 fully saturated rings. The van der Waals surface area contributed by atoms with Gasteiger partial charge in [-0.15, -0.1) is 11.8 Å². The van der Waals surface area contributed by atoms with Gasteiger partial charge in [0, 0.05) is 12.2 Å². The van der Waals surface area contributed by atoms with Gasteiger partial charge in [-0.2, -0.15) is 13.2 Å². The average molecular weight is 404 g/mol. The maximum absolute atomic E-state index is 12.8. The lowest BCUT2D eigenvalue weighted by Gasteiger charge is -2.32. The van der Waals surface area contributed by atoms with Gasteiger partial charge < -0.3 is 10.2 Å². The second kappa shape index (κ2) is 9.48. The van der Waals surface area contributed by atoms with Gasteiger partial charge in [0.1, 0.15) is 6.54 Å². The zero-order valence-corrected chi connectivity index (χ0v) is 17.1. The summed E-state index contributed by atoms with van der Waals surface area (Å²) in [6.45, 7) is 7.48. The van der Waals surface area contributed by atoms with E-state index >= 15 is 0 Å². The van der Waals surface area contributed by atoms with E-state index in [2.05, 4.69) is 5.32 Å². The van der Waals surface area contributed by atoms with Gasteiger partial charge in [0.05, 0.1) is 11.0 Å². The van der Waals surface area contributed by atoms with Crippen molar-refractivity contribution < 1.29 is 22.8 Å². The zero-order chi connectivity index (χ0) is 20.8. The first-order valence-corrected chi connectivity index (χ1v) is 9.65. The van der Waals surface area contributed by atoms with Gasteiger partial charge in [0.25, 0.3) is 0 Å². The highest BCUT2D eigenvalue weighted by atomic mass is 32.2. The Morgan fingerprint density at radius 2 is 1.67 bits per heavy atom. The minimum Gasteiger partial charge on any atom is -0.332 e. The van der Waals surface area contributed by atoms with Gasteiger partial charge in [-0.1, -0.05) is 38.5 Å². The lowest BCUT2D eigenvalue weighted by molar-refractivity contribution is -0.163. The number of thioether (sulfide) groups is 1. The van der Waals surface area contributed by atoms with Crippen LogP contribution in [0, 0.1) is 12.3 Å². The van der Waals surface area contributed by atoms with E-state index in [0.717, 1.165) is 22.2 Å². The summed E-state index contributed by atoms with van der Waals surface area (Å²) in [6, 6.07) is 7.24. The molecule has 0 saturated heterocycles. The maximum Gasteiger partial charge on any atom is 0.406 e. The number of amides is 2. The van der Waals surface area contributed by atoms with E-state index < -0.39 is 29.3 Å². The van der Waals surface area contributed by atoms with Crippen molar-refractivity contribution in [3.63, 3.8) is 0 Å². The Hall–Kier alpha value is -1.70. The third kappa shape index (κ3) is 9.70. The van der Waals surface area contributed by atoms with E-state index in [9.17, 15) is 22.8 Å². The van der Waals surface area contributed by atoms with Crippen LogP contribution in [0.3, 0.4) is 0 Å². The summed E-state index contributed by atoms with van der Waals surface area (Å²) in [6.07, 6.45) is -4.46. The molecule has 0 aliphatic carbocycles. The Kier molecular flexibility index (Phi) is 8.20. The molecule has 0 spiro atoms. The van der Waals surface area contributed by atoms with Crippen molar-refractivity contribution in [2.45, 2.75) is 46.0 Å². The summed E-state index contributed by atoms with van der Waals surface area (Å²) in [5.41, 5.74) is 1.23. The van der Waals surface area contributed by atoms with Crippen LogP contribution in [0.2, 0.25) is 0 Å². The molecule has 0 heterocycles. The number of nitrogens with one attached hydrogen (secondary N) is 1. The maximum atomic E-state index is 12.8. The fourth-order valence-corrected chi connectivity index (χ4v) is 3.13. The largest absolute Gasteiger partial charge is 0.406 e. The molecule has 1 aromatic carbocycles. The molecule has 27 heavy (non-hydrogen) atoms. The molecule has 0 saturated carbocycles. The van der Waals surface area contributed by atoms with Crippen LogP contribution >= 0.6 is 11.8 Å². The normalized spacial score (nSPS) is 13.2. The monoisotopic (exact) mass is 404 g/mol. The Bertz CT molecular complexity index is 624. The fraction of sp³-hybridized carbons (Fsp3) is 0.579. The summed E-state index contributed by atoms with van der Waals surface area (Å²) in [5, 5.41) is 1.95. The molecule has 2 amide bonds. The second-order valence-electron chi connectivity index (χ2n) is 7.74. The van der Waals surface area contributed by atoms with Crippen molar-refractivity contribution in [1.82, 2.24) is 4.90 Å². The number of nitrogens with zero attached hydrogens (tertiary/aromatic N) is 1. The van der Waals surface area contributed by atoms with Crippen molar-refractivity contribution in [3.05, 3.63) is 29.8 Å². The van der Waals surface area contributed by atoms with E-state index in [-0.39, 0.29) is 18.2 Å². The molecule has 0 aliphatic rings. The first-order valence-electron chi connectivity index (χ1n) is 8.60. The number of alkyl halides is 3. The van der Waals surface area contributed by atoms with Crippen molar-refractivity contribution in [3.8, 4) is 0 Å². The molecule has 8 heteroatoms. The van der Waals surface area contributed by atoms with Gasteiger partial charge in [-0.25, -0.2) is 0 Å². The summed E-state index contributed by atoms with van der Waals surface area (Å²) < 4.78 is 38.5. The summed E-state index contributed by atoms with van der Waals surface area (Å²) in [4.78, 5) is 25.3. The second-order valence-corrected chi connectivity index (χ2v) is 9.07. The Morgan fingerprint density at radius 1 is 1.11 bits per heavy atom. The predicted octanol–water partition coefficient (Wildman–Crippen LogP) is 4.49. The number of anilines is 1. The SMILES string of the molecule is Cc1ccc(NC(=O)CSC(C)C(=O)N(CC(C)(C)C)CC(F)(F)F)cc1. The highest BCUT2D eigenvalue weighted by Gasteiger charge is 2.36. The van der Waals surface area contributed by atoms with Gasteiger partial charge in [0.15, 0.2) is 0 Å². The van der Waals surface area contributed by atoms with E-state index in [4.69, 9.17) is 0 Å². The molecule has 4 nitrogen and oxygen atoms in total. The highest BCUT2D eigenvalue weighted by molar-refractivity contribution is 8.01. The standard InChI is InChI=1S/C19H27F3N2O2S/c1-13-6-8-15(9-7-13)23-16(25)10-27-14(2)17(26)24(11-18(3,4)5)12-19(20,21)22/h6-9,14H,10-12H2,1-5H3,(H,23,25). The molecular formula is C19H27F3N2O2S. The van der Waals surface area contributed by atoms with Gasteiger partial charge >= 0.3 is 6.18 Å². The summed E-state index contributed by atoms with van der Waals surface area (Å²) in [7, 11) is 0. The number of halogens is 3. The number of carbonyl (C=O) groups excluding carboxylic acids is 2. The molecule has 152 valence electrons. The smallest absolute Gasteiger partial charge is 0.332 e. The first-order chi connectivity index (χ1) is 12.3.